The Kier molecular flexibility index (Phi) is 8.20. The van der Waals surface area contributed by atoms with Crippen LogP contribution in [-0.4, -0.2) is 30.6 Å². The van der Waals surface area contributed by atoms with E-state index >= 15 is 0 Å². The van der Waals surface area contributed by atoms with Crippen LogP contribution in [0.2, 0.25) is 0 Å². The second-order valence-corrected chi connectivity index (χ2v) is 4.76. The van der Waals surface area contributed by atoms with Crippen molar-refractivity contribution in [1.82, 2.24) is 4.90 Å². The van der Waals surface area contributed by atoms with Gasteiger partial charge in [-0.2, -0.15) is 0 Å². The maximum absolute atomic E-state index is 5.71. The van der Waals surface area contributed by atoms with Crippen LogP contribution in [-0.2, 0) is 0 Å². The molecule has 2 nitrogen and oxygen atoms in total. The van der Waals surface area contributed by atoms with E-state index in [-0.39, 0.29) is 0 Å². The molecule has 0 radical (unpaired) electrons. The summed E-state index contributed by atoms with van der Waals surface area (Å²) >= 11 is 0. The summed E-state index contributed by atoms with van der Waals surface area (Å²) in [5, 5.41) is 0. The summed E-state index contributed by atoms with van der Waals surface area (Å²) in [6.07, 6.45) is 3.73. The molecule has 0 amide bonds. The van der Waals surface area contributed by atoms with Crippen LogP contribution in [0.15, 0.2) is 0 Å². The van der Waals surface area contributed by atoms with Crippen molar-refractivity contribution in [1.29, 1.82) is 0 Å². The zero-order valence-electron chi connectivity index (χ0n) is 10.4. The summed E-state index contributed by atoms with van der Waals surface area (Å²) in [6, 6.07) is 0.371. The van der Waals surface area contributed by atoms with Crippen LogP contribution < -0.4 is 5.73 Å². The van der Waals surface area contributed by atoms with Crippen molar-refractivity contribution in [2.24, 2.45) is 11.7 Å². The Hall–Kier alpha value is -0.0800. The van der Waals surface area contributed by atoms with Gasteiger partial charge in [-0.25, -0.2) is 0 Å². The zero-order valence-corrected chi connectivity index (χ0v) is 10.4. The first-order chi connectivity index (χ1) is 6.56. The molecular formula is C12H28N2. The molecule has 0 fully saturated rings. The van der Waals surface area contributed by atoms with Crippen molar-refractivity contribution >= 4 is 0 Å². The van der Waals surface area contributed by atoms with E-state index in [9.17, 15) is 0 Å². The van der Waals surface area contributed by atoms with Gasteiger partial charge >= 0.3 is 0 Å². The van der Waals surface area contributed by atoms with Crippen LogP contribution in [0.5, 0.6) is 0 Å². The molecule has 0 spiro atoms. The Bertz CT molecular complexity index is 121. The lowest BCUT2D eigenvalue weighted by Gasteiger charge is -2.22. The molecule has 0 heterocycles. The van der Waals surface area contributed by atoms with Gasteiger partial charge in [-0.05, 0) is 38.8 Å². The second-order valence-electron chi connectivity index (χ2n) is 4.76. The Morgan fingerprint density at radius 3 is 2.21 bits per heavy atom. The Morgan fingerprint density at radius 2 is 1.79 bits per heavy atom. The van der Waals surface area contributed by atoms with Gasteiger partial charge in [0.25, 0.3) is 0 Å². The summed E-state index contributed by atoms with van der Waals surface area (Å²) in [7, 11) is 0. The van der Waals surface area contributed by atoms with Crippen molar-refractivity contribution in [3.8, 4) is 0 Å². The molecule has 0 aliphatic rings. The van der Waals surface area contributed by atoms with E-state index in [4.69, 9.17) is 5.73 Å². The SMILES string of the molecule is CCN(CCCCC(C)N)CC(C)C. The Balaban J connectivity index is 3.43. The fourth-order valence-electron chi connectivity index (χ4n) is 1.70. The van der Waals surface area contributed by atoms with Crippen LogP contribution in [0.1, 0.15) is 47.0 Å². The normalized spacial score (nSPS) is 13.9. The van der Waals surface area contributed by atoms with Crippen molar-refractivity contribution < 1.29 is 0 Å². The van der Waals surface area contributed by atoms with Crippen LogP contribution in [0, 0.1) is 5.92 Å². The van der Waals surface area contributed by atoms with Crippen molar-refractivity contribution in [3.05, 3.63) is 0 Å². The topological polar surface area (TPSA) is 29.3 Å². The first-order valence-corrected chi connectivity index (χ1v) is 6.04. The predicted molar refractivity (Wildman–Crippen MR) is 64.5 cm³/mol. The van der Waals surface area contributed by atoms with Gasteiger partial charge in [-0.15, -0.1) is 0 Å². The lowest BCUT2D eigenvalue weighted by Crippen LogP contribution is -2.28. The molecule has 14 heavy (non-hydrogen) atoms. The first kappa shape index (κ1) is 13.9. The smallest absolute Gasteiger partial charge is 0.00104 e. The number of unbranched alkanes of at least 4 members (excludes halogenated alkanes) is 1. The van der Waals surface area contributed by atoms with Crippen LogP contribution >= 0.6 is 0 Å². The zero-order chi connectivity index (χ0) is 11.0. The van der Waals surface area contributed by atoms with Gasteiger partial charge in [-0.3, -0.25) is 0 Å². The molecule has 86 valence electrons. The largest absolute Gasteiger partial charge is 0.328 e. The molecule has 2 N–H and O–H groups in total. The molecule has 0 aliphatic carbocycles. The van der Waals surface area contributed by atoms with Gasteiger partial charge in [0.2, 0.25) is 0 Å². The van der Waals surface area contributed by atoms with E-state index in [1.54, 1.807) is 0 Å². The average Bonchev–Trinajstić information content (AvgIpc) is 2.09. The Morgan fingerprint density at radius 1 is 1.14 bits per heavy atom. The van der Waals surface area contributed by atoms with Crippen LogP contribution in [0.4, 0.5) is 0 Å². The molecule has 0 saturated heterocycles. The highest BCUT2D eigenvalue weighted by Crippen LogP contribution is 2.03. The van der Waals surface area contributed by atoms with E-state index < -0.39 is 0 Å². The van der Waals surface area contributed by atoms with Crippen LogP contribution in [0.25, 0.3) is 0 Å². The van der Waals surface area contributed by atoms with Gasteiger partial charge in [0.15, 0.2) is 0 Å². The quantitative estimate of drug-likeness (QED) is 0.610. The van der Waals surface area contributed by atoms with Gasteiger partial charge in [0.05, 0.1) is 0 Å². The van der Waals surface area contributed by atoms with E-state index in [0.717, 1.165) is 5.92 Å². The molecule has 0 bridgehead atoms. The average molecular weight is 200 g/mol. The second kappa shape index (κ2) is 8.25. The van der Waals surface area contributed by atoms with E-state index in [2.05, 4.69) is 32.6 Å². The minimum atomic E-state index is 0.371. The standard InChI is InChI=1S/C12H28N2/c1-5-14(10-11(2)3)9-7-6-8-12(4)13/h11-12H,5-10,13H2,1-4H3. The molecule has 0 aromatic carbocycles. The lowest BCUT2D eigenvalue weighted by atomic mass is 10.1. The maximum atomic E-state index is 5.71. The fourth-order valence-corrected chi connectivity index (χ4v) is 1.70. The molecule has 0 aliphatic heterocycles. The van der Waals surface area contributed by atoms with Crippen LogP contribution in [0.3, 0.4) is 0 Å². The number of nitrogens with zero attached hydrogens (tertiary/aromatic N) is 1. The minimum absolute atomic E-state index is 0.371. The van der Waals surface area contributed by atoms with Gasteiger partial charge in [0, 0.05) is 12.6 Å². The number of nitrogens with two attached hydrogens (primary N) is 1. The van der Waals surface area contributed by atoms with E-state index in [1.807, 2.05) is 0 Å². The highest BCUT2D eigenvalue weighted by molar-refractivity contribution is 4.60. The Labute approximate surface area is 89.9 Å². The summed E-state index contributed by atoms with van der Waals surface area (Å²) in [5.41, 5.74) is 5.71. The lowest BCUT2D eigenvalue weighted by molar-refractivity contribution is 0.250. The van der Waals surface area contributed by atoms with Gasteiger partial charge < -0.3 is 10.6 Å². The number of hydrogen-bond acceptors (Lipinski definition) is 2. The molecule has 0 rings (SSSR count). The van der Waals surface area contributed by atoms with Crippen molar-refractivity contribution in [3.63, 3.8) is 0 Å². The molecule has 2 heteroatoms. The summed E-state index contributed by atoms with van der Waals surface area (Å²) in [5.74, 6) is 0.781. The monoisotopic (exact) mass is 200 g/mol. The predicted octanol–water partition coefficient (Wildman–Crippen LogP) is 2.48. The van der Waals surface area contributed by atoms with Crippen molar-refractivity contribution in [2.75, 3.05) is 19.6 Å². The maximum Gasteiger partial charge on any atom is 0.00104 e. The van der Waals surface area contributed by atoms with Gasteiger partial charge in [-0.1, -0.05) is 27.2 Å². The summed E-state index contributed by atoms with van der Waals surface area (Å²) in [4.78, 5) is 2.53. The van der Waals surface area contributed by atoms with E-state index in [0.29, 0.717) is 6.04 Å². The van der Waals surface area contributed by atoms with Crippen molar-refractivity contribution in [2.45, 2.75) is 53.0 Å². The third-order valence-electron chi connectivity index (χ3n) is 2.45. The molecule has 1 atom stereocenters. The molecule has 0 aromatic heterocycles. The molecular weight excluding hydrogens is 172 g/mol. The fraction of sp³-hybridized carbons (Fsp3) is 1.00. The molecule has 0 saturated carbocycles. The number of hydrogen-bond donors (Lipinski definition) is 1. The highest BCUT2D eigenvalue weighted by atomic mass is 15.1. The highest BCUT2D eigenvalue weighted by Gasteiger charge is 2.04. The first-order valence-electron chi connectivity index (χ1n) is 6.04. The summed E-state index contributed by atoms with van der Waals surface area (Å²) in [6.45, 7) is 12.5. The van der Waals surface area contributed by atoms with Gasteiger partial charge in [0.1, 0.15) is 0 Å². The van der Waals surface area contributed by atoms with E-state index in [1.165, 1.54) is 38.9 Å². The number of rotatable bonds is 8. The summed E-state index contributed by atoms with van der Waals surface area (Å²) < 4.78 is 0. The minimum Gasteiger partial charge on any atom is -0.328 e. The molecule has 1 unspecified atom stereocenters. The molecule has 0 aromatic rings. The third kappa shape index (κ3) is 8.52. The third-order valence-corrected chi connectivity index (χ3v) is 2.45.